The number of allylic oxidation sites excluding steroid dienone is 2. The molecule has 0 N–H and O–H groups in total. The highest BCUT2D eigenvalue weighted by Gasteiger charge is 2.42. The van der Waals surface area contributed by atoms with Gasteiger partial charge in [-0.25, -0.2) is 10.0 Å². The van der Waals surface area contributed by atoms with E-state index in [1.165, 1.54) is 0 Å². The number of benzene rings is 5. The Hall–Kier alpha value is -5.48. The number of hydrazine groups is 1. The largest absolute Gasteiger partial charge is 0.288 e. The lowest BCUT2D eigenvalue weighted by Crippen LogP contribution is -2.38. The van der Waals surface area contributed by atoms with Crippen molar-refractivity contribution in [3.05, 3.63) is 184 Å². The average molecular weight is 561 g/mol. The van der Waals surface area contributed by atoms with Gasteiger partial charge in [0.2, 0.25) is 5.78 Å². The van der Waals surface area contributed by atoms with Gasteiger partial charge in [0, 0.05) is 11.1 Å². The molecule has 0 saturated carbocycles. The van der Waals surface area contributed by atoms with E-state index in [9.17, 15) is 9.59 Å². The van der Waals surface area contributed by atoms with Crippen molar-refractivity contribution in [2.24, 2.45) is 0 Å². The Morgan fingerprint density at radius 3 is 1.40 bits per heavy atom. The van der Waals surface area contributed by atoms with Crippen LogP contribution in [0.5, 0.6) is 0 Å². The molecule has 0 saturated heterocycles. The molecular weight excluding hydrogens is 528 g/mol. The van der Waals surface area contributed by atoms with E-state index in [0.29, 0.717) is 28.1 Å². The molecule has 4 heteroatoms. The zero-order valence-corrected chi connectivity index (χ0v) is 24.5. The van der Waals surface area contributed by atoms with E-state index in [1.807, 2.05) is 170 Å². The average Bonchev–Trinajstić information content (AvgIpc) is 3.37. The van der Waals surface area contributed by atoms with Crippen molar-refractivity contribution in [3.8, 4) is 0 Å². The summed E-state index contributed by atoms with van der Waals surface area (Å²) < 4.78 is 0. The molecule has 0 spiro atoms. The van der Waals surface area contributed by atoms with Crippen molar-refractivity contribution in [1.82, 2.24) is 0 Å². The van der Waals surface area contributed by atoms with Crippen LogP contribution in [0.2, 0.25) is 0 Å². The number of anilines is 2. The molecule has 1 aliphatic rings. The second kappa shape index (κ2) is 11.8. The number of Topliss-reactive ketones (excluding diaryl/α,β-unsaturated/α-hetero) is 2. The van der Waals surface area contributed by atoms with Crippen LogP contribution in [0.3, 0.4) is 0 Å². The van der Waals surface area contributed by atoms with Crippen LogP contribution in [0.15, 0.2) is 150 Å². The summed E-state index contributed by atoms with van der Waals surface area (Å²) in [6.07, 6.45) is 2.00. The van der Waals surface area contributed by atoms with Crippen LogP contribution < -0.4 is 10.0 Å². The molecule has 0 amide bonds. The highest BCUT2D eigenvalue weighted by Crippen LogP contribution is 2.43. The molecule has 0 unspecified atom stereocenters. The van der Waals surface area contributed by atoms with Gasteiger partial charge in [0.15, 0.2) is 5.78 Å². The monoisotopic (exact) mass is 560 g/mol. The Morgan fingerprint density at radius 2 is 0.907 bits per heavy atom. The standard InChI is InChI=1S/C39H32N2O2/c1-27-14-20-30(21-15-27)26-35-36(38(42)31-22-16-28(2)17-23-31)37(39(43)32-24-18-29(3)19-25-32)41(34-12-8-5-9-13-34)40(35)33-10-6-4-7-11-33/h4-26H,1-3H3/b35-26-. The summed E-state index contributed by atoms with van der Waals surface area (Å²) in [7, 11) is 0. The van der Waals surface area contributed by atoms with Crippen LogP contribution in [-0.2, 0) is 0 Å². The quantitative estimate of drug-likeness (QED) is 0.186. The first kappa shape index (κ1) is 27.7. The molecule has 43 heavy (non-hydrogen) atoms. The summed E-state index contributed by atoms with van der Waals surface area (Å²) in [4.78, 5) is 29.3. The number of ketones is 2. The topological polar surface area (TPSA) is 40.6 Å². The normalized spacial score (nSPS) is 14.0. The lowest BCUT2D eigenvalue weighted by atomic mass is 9.94. The summed E-state index contributed by atoms with van der Waals surface area (Å²) in [5, 5.41) is 3.87. The van der Waals surface area contributed by atoms with Crippen molar-refractivity contribution in [3.63, 3.8) is 0 Å². The second-order valence-corrected chi connectivity index (χ2v) is 10.8. The summed E-state index contributed by atoms with van der Waals surface area (Å²) >= 11 is 0. The van der Waals surface area contributed by atoms with Gasteiger partial charge >= 0.3 is 0 Å². The van der Waals surface area contributed by atoms with Crippen LogP contribution in [-0.4, -0.2) is 11.6 Å². The van der Waals surface area contributed by atoms with Gasteiger partial charge in [0.25, 0.3) is 0 Å². The third kappa shape index (κ3) is 5.55. The molecule has 0 atom stereocenters. The summed E-state index contributed by atoms with van der Waals surface area (Å²) in [5.74, 6) is -0.444. The van der Waals surface area contributed by atoms with Crippen LogP contribution in [0.4, 0.5) is 11.4 Å². The van der Waals surface area contributed by atoms with Gasteiger partial charge in [0.05, 0.1) is 22.6 Å². The van der Waals surface area contributed by atoms with Gasteiger partial charge in [0.1, 0.15) is 5.70 Å². The van der Waals surface area contributed by atoms with Crippen LogP contribution in [0.25, 0.3) is 6.08 Å². The minimum atomic E-state index is -0.229. The van der Waals surface area contributed by atoms with Gasteiger partial charge in [-0.15, -0.1) is 0 Å². The molecule has 4 nitrogen and oxygen atoms in total. The Morgan fingerprint density at radius 1 is 0.488 bits per heavy atom. The van der Waals surface area contributed by atoms with E-state index in [2.05, 4.69) is 0 Å². The second-order valence-electron chi connectivity index (χ2n) is 10.8. The summed E-state index contributed by atoms with van der Waals surface area (Å²) in [5.41, 5.74) is 8.08. The molecule has 5 aromatic carbocycles. The van der Waals surface area contributed by atoms with E-state index in [-0.39, 0.29) is 11.6 Å². The number of hydrogen-bond acceptors (Lipinski definition) is 4. The van der Waals surface area contributed by atoms with E-state index < -0.39 is 0 Å². The van der Waals surface area contributed by atoms with Crippen molar-refractivity contribution in [2.45, 2.75) is 20.8 Å². The fourth-order valence-electron chi connectivity index (χ4n) is 5.26. The zero-order chi connectivity index (χ0) is 29.9. The molecule has 0 fully saturated rings. The molecule has 0 radical (unpaired) electrons. The molecule has 5 aromatic rings. The molecular formula is C39H32N2O2. The maximum atomic E-state index is 14.7. The SMILES string of the molecule is Cc1ccc(/C=C2/C(C(=O)c3ccc(C)cc3)=C(C(=O)c3ccc(C)cc3)N(c3ccccc3)N2c2ccccc2)cc1. The maximum Gasteiger partial charge on any atom is 0.212 e. The summed E-state index contributed by atoms with van der Waals surface area (Å²) in [6.45, 7) is 6.03. The van der Waals surface area contributed by atoms with Crippen molar-refractivity contribution < 1.29 is 9.59 Å². The smallest absolute Gasteiger partial charge is 0.212 e. The van der Waals surface area contributed by atoms with Gasteiger partial charge in [-0.1, -0.05) is 126 Å². The minimum Gasteiger partial charge on any atom is -0.288 e. The zero-order valence-electron chi connectivity index (χ0n) is 24.5. The third-order valence-electron chi connectivity index (χ3n) is 7.58. The molecule has 6 rings (SSSR count). The van der Waals surface area contributed by atoms with Crippen molar-refractivity contribution in [1.29, 1.82) is 0 Å². The first-order valence-corrected chi connectivity index (χ1v) is 14.4. The number of aryl methyl sites for hydroxylation is 3. The Labute approximate surface area is 252 Å². The fraction of sp³-hybridized carbons (Fsp3) is 0.0769. The van der Waals surface area contributed by atoms with Crippen LogP contribution >= 0.6 is 0 Å². The predicted molar refractivity (Wildman–Crippen MR) is 175 cm³/mol. The number of carbonyl (C=O) groups excluding carboxylic acids is 2. The Balaban J connectivity index is 1.69. The number of rotatable bonds is 7. The van der Waals surface area contributed by atoms with Crippen molar-refractivity contribution in [2.75, 3.05) is 10.0 Å². The lowest BCUT2D eigenvalue weighted by molar-refractivity contribution is 0.100. The van der Waals surface area contributed by atoms with E-state index in [4.69, 9.17) is 0 Å². The number of para-hydroxylation sites is 2. The van der Waals surface area contributed by atoms with Crippen LogP contribution in [0, 0.1) is 20.8 Å². The van der Waals surface area contributed by atoms with Gasteiger partial charge in [-0.3, -0.25) is 9.59 Å². The highest BCUT2D eigenvalue weighted by molar-refractivity contribution is 6.24. The first-order valence-electron chi connectivity index (χ1n) is 14.4. The molecule has 0 bridgehead atoms. The molecule has 210 valence electrons. The van der Waals surface area contributed by atoms with Gasteiger partial charge in [-0.2, -0.15) is 0 Å². The number of nitrogens with zero attached hydrogens (tertiary/aromatic N) is 2. The number of hydrogen-bond donors (Lipinski definition) is 0. The lowest BCUT2D eigenvalue weighted by Gasteiger charge is -2.34. The van der Waals surface area contributed by atoms with Crippen molar-refractivity contribution >= 4 is 29.0 Å². The molecule has 1 heterocycles. The summed E-state index contributed by atoms with van der Waals surface area (Å²) in [6, 6.07) is 42.8. The molecule has 1 aliphatic heterocycles. The Bertz CT molecular complexity index is 1840. The maximum absolute atomic E-state index is 14.7. The Kier molecular flexibility index (Phi) is 7.59. The molecule has 0 aromatic heterocycles. The first-order chi connectivity index (χ1) is 20.9. The van der Waals surface area contributed by atoms with Gasteiger partial charge < -0.3 is 0 Å². The van der Waals surface area contributed by atoms with E-state index in [1.54, 1.807) is 0 Å². The van der Waals surface area contributed by atoms with Gasteiger partial charge in [-0.05, 0) is 56.7 Å². The number of carbonyl (C=O) groups is 2. The fourth-order valence-corrected chi connectivity index (χ4v) is 5.26. The predicted octanol–water partition coefficient (Wildman–Crippen LogP) is 8.91. The molecule has 0 aliphatic carbocycles. The van der Waals surface area contributed by atoms with E-state index >= 15 is 0 Å². The third-order valence-corrected chi connectivity index (χ3v) is 7.58. The van der Waals surface area contributed by atoms with E-state index in [0.717, 1.165) is 33.6 Å². The minimum absolute atomic E-state index is 0.215. The van der Waals surface area contributed by atoms with Crippen LogP contribution in [0.1, 0.15) is 43.0 Å². The highest BCUT2D eigenvalue weighted by atomic mass is 16.1.